The van der Waals surface area contributed by atoms with Crippen LogP contribution in [0.3, 0.4) is 0 Å². The van der Waals surface area contributed by atoms with Crippen molar-refractivity contribution in [3.8, 4) is 5.75 Å². The molecule has 1 amide bonds. The fraction of sp³-hybridized carbons (Fsp3) is 0.350. The molecule has 2 rings (SSSR count). The van der Waals surface area contributed by atoms with E-state index in [1.165, 1.54) is 51.4 Å². The number of carbonyl (C=O) groups is 1. The Labute approximate surface area is 194 Å². The number of nitrogens with one attached hydrogen (secondary N) is 1. The molecule has 0 spiro atoms. The third kappa shape index (κ3) is 6.58. The molecule has 0 bridgehead atoms. The van der Waals surface area contributed by atoms with E-state index in [9.17, 15) is 21.6 Å². The Bertz CT molecular complexity index is 1150. The third-order valence-corrected chi connectivity index (χ3v) is 7.73. The zero-order chi connectivity index (χ0) is 24.1. The first-order chi connectivity index (χ1) is 14.8. The van der Waals surface area contributed by atoms with Crippen molar-refractivity contribution in [3.63, 3.8) is 0 Å². The lowest BCUT2D eigenvalue weighted by molar-refractivity contribution is -0.121. The fourth-order valence-electron chi connectivity index (χ4n) is 2.83. The number of hydrogen-bond acceptors (Lipinski definition) is 6. The molecule has 0 aliphatic rings. The van der Waals surface area contributed by atoms with Gasteiger partial charge in [0.25, 0.3) is 0 Å². The maximum Gasteiger partial charge on any atom is 0.243 e. The number of sulfonamides is 2. The molecule has 2 aromatic rings. The van der Waals surface area contributed by atoms with E-state index in [2.05, 4.69) is 5.32 Å². The first kappa shape index (κ1) is 25.9. The standard InChI is InChI=1S/C20H26ClN3O6S2/c1-15(24(31(4,26)27)17-7-5-6-16(21)14-17)20(25)22-12-13-30-18-8-10-19(11-9-18)32(28,29)23(2)3/h5-11,14-15H,12-13H2,1-4H3,(H,22,25). The highest BCUT2D eigenvalue weighted by Gasteiger charge is 2.29. The lowest BCUT2D eigenvalue weighted by Crippen LogP contribution is -2.48. The molecule has 1 N–H and O–H groups in total. The van der Waals surface area contributed by atoms with Gasteiger partial charge in [-0.1, -0.05) is 17.7 Å². The van der Waals surface area contributed by atoms with Crippen molar-refractivity contribution in [1.29, 1.82) is 0 Å². The molecule has 176 valence electrons. The summed E-state index contributed by atoms with van der Waals surface area (Å²) in [7, 11) is -4.38. The highest BCUT2D eigenvalue weighted by molar-refractivity contribution is 7.92. The van der Waals surface area contributed by atoms with Gasteiger partial charge in [-0.25, -0.2) is 21.1 Å². The molecule has 9 nitrogen and oxygen atoms in total. The summed E-state index contributed by atoms with van der Waals surface area (Å²) in [5.74, 6) is -0.0758. The second kappa shape index (κ2) is 10.5. The predicted molar refractivity (Wildman–Crippen MR) is 124 cm³/mol. The van der Waals surface area contributed by atoms with E-state index in [4.69, 9.17) is 16.3 Å². The summed E-state index contributed by atoms with van der Waals surface area (Å²) >= 11 is 5.96. The van der Waals surface area contributed by atoms with Crippen LogP contribution in [0.25, 0.3) is 0 Å². The average Bonchev–Trinajstić information content (AvgIpc) is 2.70. The Hall–Kier alpha value is -2.34. The van der Waals surface area contributed by atoms with E-state index in [0.29, 0.717) is 10.8 Å². The number of hydrogen-bond donors (Lipinski definition) is 1. The average molecular weight is 504 g/mol. The maximum absolute atomic E-state index is 12.5. The minimum atomic E-state index is -3.74. The normalized spacial score (nSPS) is 12.9. The summed E-state index contributed by atoms with van der Waals surface area (Å²) < 4.78 is 56.3. The summed E-state index contributed by atoms with van der Waals surface area (Å²) in [5.41, 5.74) is 0.284. The monoisotopic (exact) mass is 503 g/mol. The molecule has 0 aliphatic carbocycles. The molecular weight excluding hydrogens is 478 g/mol. The number of halogens is 1. The van der Waals surface area contributed by atoms with Gasteiger partial charge in [-0.3, -0.25) is 9.10 Å². The van der Waals surface area contributed by atoms with Crippen LogP contribution >= 0.6 is 11.6 Å². The quantitative estimate of drug-likeness (QED) is 0.496. The Balaban J connectivity index is 1.95. The third-order valence-electron chi connectivity index (χ3n) is 4.42. The Kier molecular flexibility index (Phi) is 8.52. The number of carbonyl (C=O) groups excluding carboxylic acids is 1. The number of benzene rings is 2. The van der Waals surface area contributed by atoms with Gasteiger partial charge in [0, 0.05) is 19.1 Å². The number of amides is 1. The van der Waals surface area contributed by atoms with Crippen LogP contribution in [0.1, 0.15) is 6.92 Å². The van der Waals surface area contributed by atoms with Crippen LogP contribution < -0.4 is 14.4 Å². The molecule has 0 fully saturated rings. The van der Waals surface area contributed by atoms with Crippen molar-refractivity contribution >= 4 is 43.2 Å². The molecule has 32 heavy (non-hydrogen) atoms. The molecule has 12 heteroatoms. The number of nitrogens with zero attached hydrogens (tertiary/aromatic N) is 2. The van der Waals surface area contributed by atoms with Crippen LogP contribution in [-0.4, -0.2) is 66.6 Å². The van der Waals surface area contributed by atoms with E-state index in [0.717, 1.165) is 14.9 Å². The first-order valence-electron chi connectivity index (χ1n) is 9.52. The smallest absolute Gasteiger partial charge is 0.243 e. The van der Waals surface area contributed by atoms with Gasteiger partial charge in [-0.2, -0.15) is 0 Å². The fourth-order valence-corrected chi connectivity index (χ4v) is 5.08. The summed E-state index contributed by atoms with van der Waals surface area (Å²) in [4.78, 5) is 12.7. The van der Waals surface area contributed by atoms with Crippen LogP contribution in [0.5, 0.6) is 5.75 Å². The lowest BCUT2D eigenvalue weighted by Gasteiger charge is -2.28. The predicted octanol–water partition coefficient (Wildman–Crippen LogP) is 1.94. The minimum absolute atomic E-state index is 0.105. The summed E-state index contributed by atoms with van der Waals surface area (Å²) in [6, 6.07) is 11.1. The molecule has 0 radical (unpaired) electrons. The zero-order valence-corrected chi connectivity index (χ0v) is 20.5. The van der Waals surface area contributed by atoms with E-state index >= 15 is 0 Å². The van der Waals surface area contributed by atoms with Crippen LogP contribution in [0.15, 0.2) is 53.4 Å². The van der Waals surface area contributed by atoms with Crippen molar-refractivity contribution in [2.24, 2.45) is 0 Å². The molecule has 1 atom stereocenters. The first-order valence-corrected chi connectivity index (χ1v) is 13.2. The molecule has 2 aromatic carbocycles. The van der Waals surface area contributed by atoms with E-state index in [1.807, 2.05) is 0 Å². The zero-order valence-electron chi connectivity index (χ0n) is 18.1. The highest BCUT2D eigenvalue weighted by Crippen LogP contribution is 2.24. The molecule has 1 unspecified atom stereocenters. The van der Waals surface area contributed by atoms with Gasteiger partial charge in [0.05, 0.1) is 23.4 Å². The van der Waals surface area contributed by atoms with Gasteiger partial charge in [0.2, 0.25) is 26.0 Å². The van der Waals surface area contributed by atoms with E-state index in [1.54, 1.807) is 18.2 Å². The Morgan fingerprint density at radius 1 is 1.09 bits per heavy atom. The molecule has 0 aromatic heterocycles. The van der Waals surface area contributed by atoms with Crippen LogP contribution in [0.2, 0.25) is 5.02 Å². The topological polar surface area (TPSA) is 113 Å². The SMILES string of the molecule is CC(C(=O)NCCOc1ccc(S(=O)(=O)N(C)C)cc1)N(c1cccc(Cl)c1)S(C)(=O)=O. The van der Waals surface area contributed by atoms with Crippen LogP contribution in [0.4, 0.5) is 5.69 Å². The molecule has 0 saturated carbocycles. The highest BCUT2D eigenvalue weighted by atomic mass is 35.5. The van der Waals surface area contributed by atoms with Crippen molar-refractivity contribution < 1.29 is 26.4 Å². The van der Waals surface area contributed by atoms with Gasteiger partial charge < -0.3 is 10.1 Å². The van der Waals surface area contributed by atoms with Gasteiger partial charge in [-0.15, -0.1) is 0 Å². The molecular formula is C20H26ClN3O6S2. The van der Waals surface area contributed by atoms with Gasteiger partial charge >= 0.3 is 0 Å². The number of anilines is 1. The maximum atomic E-state index is 12.5. The minimum Gasteiger partial charge on any atom is -0.492 e. The summed E-state index contributed by atoms with van der Waals surface area (Å²) in [6.45, 7) is 1.70. The summed E-state index contributed by atoms with van der Waals surface area (Å²) in [6.07, 6.45) is 1.01. The van der Waals surface area contributed by atoms with Crippen LogP contribution in [-0.2, 0) is 24.8 Å². The van der Waals surface area contributed by atoms with Gasteiger partial charge in [0.15, 0.2) is 0 Å². The Morgan fingerprint density at radius 3 is 2.25 bits per heavy atom. The molecule has 0 heterocycles. The summed E-state index contributed by atoms with van der Waals surface area (Å²) in [5, 5.41) is 2.98. The van der Waals surface area contributed by atoms with Gasteiger partial charge in [0.1, 0.15) is 18.4 Å². The van der Waals surface area contributed by atoms with Crippen LogP contribution in [0, 0.1) is 0 Å². The van der Waals surface area contributed by atoms with Crippen molar-refractivity contribution in [1.82, 2.24) is 9.62 Å². The molecule has 0 aliphatic heterocycles. The number of ether oxygens (including phenoxy) is 1. The van der Waals surface area contributed by atoms with Crippen molar-refractivity contribution in [2.45, 2.75) is 17.9 Å². The second-order valence-corrected chi connectivity index (χ2v) is 11.6. The van der Waals surface area contributed by atoms with Crippen molar-refractivity contribution in [3.05, 3.63) is 53.6 Å². The lowest BCUT2D eigenvalue weighted by atomic mass is 10.2. The largest absolute Gasteiger partial charge is 0.492 e. The van der Waals surface area contributed by atoms with E-state index in [-0.39, 0.29) is 23.7 Å². The van der Waals surface area contributed by atoms with Crippen molar-refractivity contribution in [2.75, 3.05) is 37.8 Å². The Morgan fingerprint density at radius 2 is 1.72 bits per heavy atom. The van der Waals surface area contributed by atoms with Gasteiger partial charge in [-0.05, 0) is 49.4 Å². The number of rotatable bonds is 10. The van der Waals surface area contributed by atoms with E-state index < -0.39 is 32.0 Å². The second-order valence-electron chi connectivity index (χ2n) is 7.11. The molecule has 0 saturated heterocycles.